The van der Waals surface area contributed by atoms with Crippen LogP contribution in [0.15, 0.2) is 46.8 Å². The molecule has 1 heterocycles. The maximum absolute atomic E-state index is 12.0. The molecule has 0 amide bonds. The van der Waals surface area contributed by atoms with Crippen LogP contribution in [0.25, 0.3) is 0 Å². The van der Waals surface area contributed by atoms with Crippen LogP contribution in [0.5, 0.6) is 0 Å². The molecule has 5 nitrogen and oxygen atoms in total. The number of carbonyl (C=O) groups is 1. The maximum Gasteiger partial charge on any atom is 0.214 e. The summed E-state index contributed by atoms with van der Waals surface area (Å²) in [4.78, 5) is 16.0. The van der Waals surface area contributed by atoms with E-state index in [2.05, 4.69) is 16.7 Å². The molecule has 1 aromatic carbocycles. The summed E-state index contributed by atoms with van der Waals surface area (Å²) < 4.78 is 0. The number of benzene rings is 1. The van der Waals surface area contributed by atoms with E-state index >= 15 is 0 Å². The van der Waals surface area contributed by atoms with Crippen molar-refractivity contribution in [3.05, 3.63) is 47.8 Å². The third-order valence-electron chi connectivity index (χ3n) is 2.58. The van der Waals surface area contributed by atoms with Gasteiger partial charge < -0.3 is 0 Å². The van der Waals surface area contributed by atoms with Crippen molar-refractivity contribution in [3.63, 3.8) is 0 Å². The summed E-state index contributed by atoms with van der Waals surface area (Å²) in [5.74, 6) is 5.71. The highest BCUT2D eigenvalue weighted by Crippen LogP contribution is 2.24. The molecule has 0 unspecified atom stereocenters. The molecular weight excluding hydrogens is 228 g/mol. The monoisotopic (exact) mass is 242 g/mol. The molecule has 0 spiro atoms. The summed E-state index contributed by atoms with van der Waals surface area (Å²) in [6.07, 6.45) is 0. The van der Waals surface area contributed by atoms with Gasteiger partial charge in [-0.1, -0.05) is 44.7 Å². The van der Waals surface area contributed by atoms with E-state index in [1.807, 2.05) is 32.0 Å². The minimum Gasteiger partial charge on any atom is -0.287 e. The Morgan fingerprint density at radius 3 is 2.44 bits per heavy atom. The van der Waals surface area contributed by atoms with Gasteiger partial charge in [0.05, 0.1) is 0 Å². The molecule has 18 heavy (non-hydrogen) atoms. The number of hydrogen-bond donors (Lipinski definition) is 1. The summed E-state index contributed by atoms with van der Waals surface area (Å²) in [6, 6.07) is 7.24. The van der Waals surface area contributed by atoms with Crippen LogP contribution in [0.2, 0.25) is 0 Å². The second-order valence-electron chi connectivity index (χ2n) is 3.54. The van der Waals surface area contributed by atoms with Gasteiger partial charge >= 0.3 is 0 Å². The lowest BCUT2D eigenvalue weighted by atomic mass is 10.1. The molecule has 0 aromatic heterocycles. The first-order chi connectivity index (χ1) is 8.68. The van der Waals surface area contributed by atoms with Crippen LogP contribution in [-0.2, 0) is 0 Å². The van der Waals surface area contributed by atoms with Crippen molar-refractivity contribution >= 4 is 17.2 Å². The lowest BCUT2D eigenvalue weighted by Gasteiger charge is -2.17. The highest BCUT2D eigenvalue weighted by atomic mass is 16.1. The molecule has 0 saturated carbocycles. The summed E-state index contributed by atoms with van der Waals surface area (Å²) in [7, 11) is 0. The molecule has 1 aliphatic heterocycles. The minimum atomic E-state index is -0.122. The van der Waals surface area contributed by atoms with Gasteiger partial charge in [-0.3, -0.25) is 4.79 Å². The molecule has 5 heteroatoms. The first kappa shape index (κ1) is 12.2. The molecule has 1 aromatic rings. The van der Waals surface area contributed by atoms with E-state index in [-0.39, 0.29) is 11.6 Å². The zero-order valence-electron chi connectivity index (χ0n) is 10.3. The quantitative estimate of drug-likeness (QED) is 0.704. The number of fused-ring (bicyclic) bond motifs is 3. The van der Waals surface area contributed by atoms with Crippen molar-refractivity contribution in [2.45, 2.75) is 13.8 Å². The SMILES string of the molecule is C=C1N=C2C(=O)c3ccccc3C2=NN1N.CC. The topological polar surface area (TPSA) is 71.0 Å². The number of nitrogens with zero attached hydrogens (tertiary/aromatic N) is 3. The van der Waals surface area contributed by atoms with Crippen molar-refractivity contribution in [1.82, 2.24) is 5.12 Å². The molecular formula is C13H14N4O. The average Bonchev–Trinajstić information content (AvgIpc) is 2.67. The minimum absolute atomic E-state index is 0.122. The Hall–Kier alpha value is -2.27. The third kappa shape index (κ3) is 1.65. The van der Waals surface area contributed by atoms with Crippen LogP contribution >= 0.6 is 0 Å². The first-order valence-electron chi connectivity index (χ1n) is 5.74. The number of carbonyl (C=O) groups excluding carboxylic acids is 1. The Labute approximate surface area is 105 Å². The molecule has 3 rings (SSSR count). The molecule has 0 fully saturated rings. The van der Waals surface area contributed by atoms with E-state index in [9.17, 15) is 4.79 Å². The summed E-state index contributed by atoms with van der Waals surface area (Å²) >= 11 is 0. The van der Waals surface area contributed by atoms with Gasteiger partial charge in [0, 0.05) is 11.1 Å². The molecule has 0 saturated heterocycles. The number of nitrogens with two attached hydrogens (primary N) is 1. The number of hydrogen-bond acceptors (Lipinski definition) is 5. The second-order valence-corrected chi connectivity index (χ2v) is 3.54. The number of hydrazine groups is 1. The summed E-state index contributed by atoms with van der Waals surface area (Å²) in [5.41, 5.74) is 2.24. The third-order valence-corrected chi connectivity index (χ3v) is 2.58. The normalized spacial score (nSPS) is 16.3. The standard InChI is InChI=1S/C11H8N4O.C2H6/c1-6-13-10-9(14-15(6)12)7-4-2-3-5-8(7)11(10)16;1-2/h2-5H,1,12H2;1-2H3. The fraction of sp³-hybridized carbons (Fsp3) is 0.154. The van der Waals surface area contributed by atoms with Crippen LogP contribution in [0.3, 0.4) is 0 Å². The van der Waals surface area contributed by atoms with Gasteiger partial charge in [0.25, 0.3) is 0 Å². The van der Waals surface area contributed by atoms with E-state index in [4.69, 9.17) is 5.84 Å². The Balaban J connectivity index is 0.000000574. The highest BCUT2D eigenvalue weighted by Gasteiger charge is 2.35. The highest BCUT2D eigenvalue weighted by molar-refractivity contribution is 6.78. The number of hydrazone groups is 1. The van der Waals surface area contributed by atoms with Crippen LogP contribution < -0.4 is 5.84 Å². The van der Waals surface area contributed by atoms with E-state index < -0.39 is 0 Å². The van der Waals surface area contributed by atoms with Crippen LogP contribution in [0.4, 0.5) is 0 Å². The van der Waals surface area contributed by atoms with Gasteiger partial charge in [0.2, 0.25) is 5.78 Å². The van der Waals surface area contributed by atoms with Crippen molar-refractivity contribution in [3.8, 4) is 0 Å². The maximum atomic E-state index is 12.0. The van der Waals surface area contributed by atoms with Crippen molar-refractivity contribution in [2.24, 2.45) is 15.9 Å². The molecule has 0 bridgehead atoms. The summed E-state index contributed by atoms with van der Waals surface area (Å²) in [6.45, 7) is 7.61. The van der Waals surface area contributed by atoms with Crippen LogP contribution in [0.1, 0.15) is 29.8 Å². The first-order valence-corrected chi connectivity index (χ1v) is 5.74. The van der Waals surface area contributed by atoms with E-state index in [1.165, 1.54) is 0 Å². The molecule has 0 radical (unpaired) electrons. The van der Waals surface area contributed by atoms with Crippen molar-refractivity contribution in [1.29, 1.82) is 0 Å². The Bertz CT molecular complexity index is 586. The lowest BCUT2D eigenvalue weighted by molar-refractivity contribution is 0.106. The van der Waals surface area contributed by atoms with Gasteiger partial charge in [-0.25, -0.2) is 10.8 Å². The van der Waals surface area contributed by atoms with Gasteiger partial charge in [0.1, 0.15) is 11.4 Å². The predicted molar refractivity (Wildman–Crippen MR) is 71.3 cm³/mol. The van der Waals surface area contributed by atoms with Crippen molar-refractivity contribution < 1.29 is 4.79 Å². The van der Waals surface area contributed by atoms with Gasteiger partial charge in [-0.05, 0) is 0 Å². The molecule has 0 atom stereocenters. The number of aliphatic imine (C=N–C) groups is 1. The molecule has 1 aliphatic carbocycles. The van der Waals surface area contributed by atoms with Crippen LogP contribution in [-0.4, -0.2) is 22.3 Å². The second kappa shape index (κ2) is 4.54. The van der Waals surface area contributed by atoms with E-state index in [0.29, 0.717) is 17.0 Å². The molecule has 2 aliphatic rings. The Kier molecular flexibility index (Phi) is 3.08. The molecule has 2 N–H and O–H groups in total. The Morgan fingerprint density at radius 2 is 1.78 bits per heavy atom. The van der Waals surface area contributed by atoms with E-state index in [0.717, 1.165) is 10.7 Å². The number of ketones is 1. The van der Waals surface area contributed by atoms with Gasteiger partial charge in [-0.15, -0.1) is 0 Å². The zero-order valence-corrected chi connectivity index (χ0v) is 10.3. The number of rotatable bonds is 0. The smallest absolute Gasteiger partial charge is 0.214 e. The van der Waals surface area contributed by atoms with Crippen molar-refractivity contribution in [2.75, 3.05) is 0 Å². The van der Waals surface area contributed by atoms with Gasteiger partial charge in [-0.2, -0.15) is 10.2 Å². The summed E-state index contributed by atoms with van der Waals surface area (Å²) in [5, 5.41) is 5.17. The zero-order chi connectivity index (χ0) is 13.3. The van der Waals surface area contributed by atoms with Crippen LogP contribution in [0, 0.1) is 0 Å². The fourth-order valence-electron chi connectivity index (χ4n) is 1.80. The predicted octanol–water partition coefficient (Wildman–Crippen LogP) is 1.71. The van der Waals surface area contributed by atoms with E-state index in [1.54, 1.807) is 6.07 Å². The fourth-order valence-corrected chi connectivity index (χ4v) is 1.80. The Morgan fingerprint density at radius 1 is 1.17 bits per heavy atom. The van der Waals surface area contributed by atoms with Gasteiger partial charge in [0.15, 0.2) is 5.82 Å². The molecule has 92 valence electrons. The average molecular weight is 242 g/mol. The number of Topliss-reactive ketones (excluding diaryl/α,β-unsaturated/α-hetero) is 1. The largest absolute Gasteiger partial charge is 0.287 e. The lowest BCUT2D eigenvalue weighted by Crippen LogP contribution is -2.32.